The number of Topliss-reactive ketones (excluding diaryl/α,β-unsaturated/α-hetero) is 1. The third-order valence-electron chi connectivity index (χ3n) is 4.90. The maximum absolute atomic E-state index is 13.1. The number of hydrogen-bond donors (Lipinski definition) is 4. The van der Waals surface area contributed by atoms with Gasteiger partial charge in [0.05, 0.1) is 18.5 Å². The van der Waals surface area contributed by atoms with Crippen LogP contribution in [0.5, 0.6) is 0 Å². The lowest BCUT2D eigenvalue weighted by Gasteiger charge is -2.31. The summed E-state index contributed by atoms with van der Waals surface area (Å²) in [5.41, 5.74) is 11.8. The number of hydrogen-bond acceptors (Lipinski definition) is 5. The average Bonchev–Trinajstić information content (AvgIpc) is 3.17. The number of amides is 2. The number of carbonyl (C=O) groups excluding carboxylic acids is 3. The van der Waals surface area contributed by atoms with Gasteiger partial charge in [-0.2, -0.15) is 0 Å². The van der Waals surface area contributed by atoms with Crippen molar-refractivity contribution in [3.05, 3.63) is 35.4 Å². The van der Waals surface area contributed by atoms with Crippen molar-refractivity contribution in [2.45, 2.75) is 36.8 Å². The summed E-state index contributed by atoms with van der Waals surface area (Å²) < 4.78 is 0. The first kappa shape index (κ1) is 16.6. The van der Waals surface area contributed by atoms with Crippen LogP contribution in [0.15, 0.2) is 24.3 Å². The number of fused-ring (bicyclic) bond motifs is 1. The quantitative estimate of drug-likeness (QED) is 0.548. The minimum atomic E-state index is -1.40. The number of ketones is 1. The zero-order valence-corrected chi connectivity index (χ0v) is 13.4. The van der Waals surface area contributed by atoms with E-state index in [1.54, 1.807) is 0 Å². The number of benzene rings is 1. The molecule has 1 saturated heterocycles. The molecular formula is C17H22N4O3. The van der Waals surface area contributed by atoms with E-state index in [4.69, 9.17) is 11.5 Å². The van der Waals surface area contributed by atoms with Crippen LogP contribution in [0.3, 0.4) is 0 Å². The molecule has 7 heteroatoms. The fraction of sp³-hybridized carbons (Fsp3) is 0.471. The van der Waals surface area contributed by atoms with Gasteiger partial charge in [-0.1, -0.05) is 24.3 Å². The largest absolute Gasteiger partial charge is 0.368 e. The van der Waals surface area contributed by atoms with Crippen LogP contribution < -0.4 is 22.1 Å². The Morgan fingerprint density at radius 2 is 2.04 bits per heavy atom. The van der Waals surface area contributed by atoms with Crippen LogP contribution >= 0.6 is 0 Å². The molecule has 0 bridgehead atoms. The van der Waals surface area contributed by atoms with E-state index in [-0.39, 0.29) is 24.8 Å². The molecule has 128 valence electrons. The van der Waals surface area contributed by atoms with Crippen molar-refractivity contribution in [1.29, 1.82) is 0 Å². The van der Waals surface area contributed by atoms with Gasteiger partial charge >= 0.3 is 0 Å². The molecule has 1 fully saturated rings. The van der Waals surface area contributed by atoms with E-state index in [0.717, 1.165) is 30.5 Å². The van der Waals surface area contributed by atoms with E-state index in [1.807, 2.05) is 24.3 Å². The van der Waals surface area contributed by atoms with Crippen molar-refractivity contribution in [2.75, 3.05) is 13.1 Å². The van der Waals surface area contributed by atoms with E-state index in [0.29, 0.717) is 0 Å². The Morgan fingerprint density at radius 3 is 2.71 bits per heavy atom. The second-order valence-electron chi connectivity index (χ2n) is 6.55. The van der Waals surface area contributed by atoms with E-state index in [2.05, 4.69) is 10.6 Å². The summed E-state index contributed by atoms with van der Waals surface area (Å²) in [7, 11) is 0. The van der Waals surface area contributed by atoms with Gasteiger partial charge in [0.1, 0.15) is 5.54 Å². The van der Waals surface area contributed by atoms with Gasteiger partial charge in [0.15, 0.2) is 5.78 Å². The molecule has 0 spiro atoms. The number of nitrogens with one attached hydrogen (secondary N) is 2. The second-order valence-corrected chi connectivity index (χ2v) is 6.55. The lowest BCUT2D eigenvalue weighted by molar-refractivity contribution is -0.133. The highest BCUT2D eigenvalue weighted by Crippen LogP contribution is 2.41. The molecule has 3 atom stereocenters. The van der Waals surface area contributed by atoms with E-state index in [1.165, 1.54) is 0 Å². The standard InChI is InChI=1S/C17H22N4O3/c18-13(22)9-21-16(24)17(19)8-10-4-1-2-5-11(10)14(17)15(23)12-6-3-7-20-12/h1-2,4-5,12,14,20H,3,6-9,19H2,(H2,18,22)(H,21,24)/t12-,14?,17?/m0/s1. The molecule has 2 unspecified atom stereocenters. The third kappa shape index (κ3) is 2.81. The van der Waals surface area contributed by atoms with Crippen molar-refractivity contribution in [3.63, 3.8) is 0 Å². The Labute approximate surface area is 140 Å². The summed E-state index contributed by atoms with van der Waals surface area (Å²) in [6.07, 6.45) is 1.93. The highest BCUT2D eigenvalue weighted by atomic mass is 16.2. The third-order valence-corrected chi connectivity index (χ3v) is 4.90. The monoisotopic (exact) mass is 330 g/mol. The minimum Gasteiger partial charge on any atom is -0.368 e. The van der Waals surface area contributed by atoms with Gasteiger partial charge in [-0.05, 0) is 30.5 Å². The normalized spacial score (nSPS) is 28.4. The topological polar surface area (TPSA) is 127 Å². The predicted octanol–water partition coefficient (Wildman–Crippen LogP) is -1.05. The fourth-order valence-electron chi connectivity index (χ4n) is 3.75. The van der Waals surface area contributed by atoms with Crippen molar-refractivity contribution in [2.24, 2.45) is 11.5 Å². The molecule has 1 aromatic carbocycles. The van der Waals surface area contributed by atoms with Gasteiger partial charge in [-0.25, -0.2) is 0 Å². The molecule has 0 radical (unpaired) electrons. The minimum absolute atomic E-state index is 0.0609. The molecular weight excluding hydrogens is 308 g/mol. The van der Waals surface area contributed by atoms with E-state index in [9.17, 15) is 14.4 Å². The maximum atomic E-state index is 13.1. The van der Waals surface area contributed by atoms with E-state index >= 15 is 0 Å². The Hall–Kier alpha value is -2.25. The molecule has 7 nitrogen and oxygen atoms in total. The number of nitrogens with two attached hydrogens (primary N) is 2. The first-order valence-electron chi connectivity index (χ1n) is 8.14. The van der Waals surface area contributed by atoms with Crippen molar-refractivity contribution in [1.82, 2.24) is 10.6 Å². The van der Waals surface area contributed by atoms with Gasteiger partial charge in [0.2, 0.25) is 11.8 Å². The van der Waals surface area contributed by atoms with Gasteiger partial charge in [-0.3, -0.25) is 14.4 Å². The van der Waals surface area contributed by atoms with Crippen LogP contribution in [-0.2, 0) is 20.8 Å². The van der Waals surface area contributed by atoms with Gasteiger partial charge in [0, 0.05) is 6.42 Å². The van der Waals surface area contributed by atoms with Crippen LogP contribution in [0.1, 0.15) is 29.9 Å². The Bertz CT molecular complexity index is 684. The molecule has 2 aliphatic rings. The predicted molar refractivity (Wildman–Crippen MR) is 88.0 cm³/mol. The summed E-state index contributed by atoms with van der Waals surface area (Å²) in [5, 5.41) is 5.64. The van der Waals surface area contributed by atoms with Gasteiger partial charge in [0.25, 0.3) is 0 Å². The first-order valence-corrected chi connectivity index (χ1v) is 8.14. The summed E-state index contributed by atoms with van der Waals surface area (Å²) >= 11 is 0. The van der Waals surface area contributed by atoms with Crippen LogP contribution in [0.2, 0.25) is 0 Å². The van der Waals surface area contributed by atoms with Gasteiger partial charge in [-0.15, -0.1) is 0 Å². The first-order chi connectivity index (χ1) is 11.4. The summed E-state index contributed by atoms with van der Waals surface area (Å²) in [4.78, 5) is 36.7. The lowest BCUT2D eigenvalue weighted by atomic mass is 9.79. The zero-order valence-electron chi connectivity index (χ0n) is 13.4. The number of rotatable bonds is 5. The van der Waals surface area contributed by atoms with Crippen molar-refractivity contribution in [3.8, 4) is 0 Å². The van der Waals surface area contributed by atoms with Crippen LogP contribution in [0, 0.1) is 0 Å². The van der Waals surface area contributed by atoms with Crippen LogP contribution in [0.4, 0.5) is 0 Å². The highest BCUT2D eigenvalue weighted by Gasteiger charge is 2.53. The Morgan fingerprint density at radius 1 is 1.29 bits per heavy atom. The van der Waals surface area contributed by atoms with Crippen LogP contribution in [-0.4, -0.2) is 42.3 Å². The molecule has 6 N–H and O–H groups in total. The number of carbonyl (C=O) groups is 3. The average molecular weight is 330 g/mol. The van der Waals surface area contributed by atoms with E-state index < -0.39 is 23.3 Å². The molecule has 3 rings (SSSR count). The summed E-state index contributed by atoms with van der Waals surface area (Å²) in [6.45, 7) is 0.493. The van der Waals surface area contributed by atoms with Crippen LogP contribution in [0.25, 0.3) is 0 Å². The molecule has 0 aromatic heterocycles. The molecule has 1 heterocycles. The van der Waals surface area contributed by atoms with Crippen molar-refractivity contribution >= 4 is 17.6 Å². The second kappa shape index (κ2) is 6.33. The fourth-order valence-corrected chi connectivity index (χ4v) is 3.75. The Kier molecular flexibility index (Phi) is 4.38. The van der Waals surface area contributed by atoms with Crippen molar-refractivity contribution < 1.29 is 14.4 Å². The highest BCUT2D eigenvalue weighted by molar-refractivity contribution is 6.02. The smallest absolute Gasteiger partial charge is 0.241 e. The molecule has 1 aliphatic carbocycles. The van der Waals surface area contributed by atoms with Gasteiger partial charge < -0.3 is 22.1 Å². The molecule has 1 aromatic rings. The SMILES string of the molecule is NC(=O)CNC(=O)C1(N)Cc2ccccc2C1C(=O)[C@@H]1CCCN1. The molecule has 24 heavy (non-hydrogen) atoms. The lowest BCUT2D eigenvalue weighted by Crippen LogP contribution is -2.60. The molecule has 2 amide bonds. The molecule has 0 saturated carbocycles. The zero-order chi connectivity index (χ0) is 17.3. The maximum Gasteiger partial charge on any atom is 0.241 e. The summed E-state index contributed by atoms with van der Waals surface area (Å²) in [5.74, 6) is -1.96. The summed E-state index contributed by atoms with van der Waals surface area (Å²) in [6, 6.07) is 7.15. The molecule has 1 aliphatic heterocycles. The Balaban J connectivity index is 1.93. The number of primary amides is 1.